The molecule has 0 aromatic heterocycles. The predicted octanol–water partition coefficient (Wildman–Crippen LogP) is 0.994. The molecule has 2 fully saturated rings. The Kier molecular flexibility index (Phi) is 2.66. The van der Waals surface area contributed by atoms with Crippen molar-refractivity contribution in [1.29, 1.82) is 0 Å². The zero-order valence-electron chi connectivity index (χ0n) is 8.80. The number of likely N-dealkylation sites (N-methyl/N-ethyl adjacent to an activating group) is 1. The molecule has 1 unspecified atom stereocenters. The van der Waals surface area contributed by atoms with E-state index in [-0.39, 0.29) is 30.8 Å². The van der Waals surface area contributed by atoms with Crippen LogP contribution in [0, 0.1) is 0 Å². The summed E-state index contributed by atoms with van der Waals surface area (Å²) in [4.78, 5) is 13.7. The van der Waals surface area contributed by atoms with Gasteiger partial charge in [-0.1, -0.05) is 0 Å². The summed E-state index contributed by atoms with van der Waals surface area (Å²) in [5.41, 5.74) is 0. The first kappa shape index (κ1) is 10.8. The van der Waals surface area contributed by atoms with Crippen LogP contribution in [0.2, 0.25) is 0 Å². The summed E-state index contributed by atoms with van der Waals surface area (Å²) in [6.45, 7) is 0.916. The molecule has 1 saturated heterocycles. The van der Waals surface area contributed by atoms with E-state index in [2.05, 4.69) is 5.32 Å². The number of likely N-dealkylation sites (tertiary alicyclic amines) is 1. The van der Waals surface area contributed by atoms with Gasteiger partial charge in [0, 0.05) is 18.9 Å². The van der Waals surface area contributed by atoms with Gasteiger partial charge >= 0.3 is 0 Å². The smallest absolute Gasteiger partial charge is 0.252 e. The molecule has 15 heavy (non-hydrogen) atoms. The summed E-state index contributed by atoms with van der Waals surface area (Å²) in [5, 5.41) is 2.68. The zero-order chi connectivity index (χ0) is 11.1. The molecule has 0 spiro atoms. The fourth-order valence-corrected chi connectivity index (χ4v) is 2.30. The van der Waals surface area contributed by atoms with Crippen LogP contribution in [0.25, 0.3) is 0 Å². The summed E-state index contributed by atoms with van der Waals surface area (Å²) < 4.78 is 25.1. The lowest BCUT2D eigenvalue weighted by Crippen LogP contribution is -2.54. The molecule has 1 aliphatic carbocycles. The first-order valence-corrected chi connectivity index (χ1v) is 5.36. The van der Waals surface area contributed by atoms with Gasteiger partial charge in [0.15, 0.2) is 0 Å². The highest BCUT2D eigenvalue weighted by Crippen LogP contribution is 2.37. The van der Waals surface area contributed by atoms with Crippen LogP contribution in [0.15, 0.2) is 0 Å². The van der Waals surface area contributed by atoms with Crippen molar-refractivity contribution in [3.63, 3.8) is 0 Å². The molecular weight excluding hydrogens is 202 g/mol. The molecule has 2 rings (SSSR count). The average molecular weight is 218 g/mol. The first-order valence-electron chi connectivity index (χ1n) is 5.36. The monoisotopic (exact) mass is 218 g/mol. The van der Waals surface area contributed by atoms with Crippen molar-refractivity contribution in [2.24, 2.45) is 0 Å². The Labute approximate surface area is 87.8 Å². The van der Waals surface area contributed by atoms with E-state index in [1.165, 1.54) is 0 Å². The van der Waals surface area contributed by atoms with Gasteiger partial charge in [-0.2, -0.15) is 0 Å². The number of nitrogens with zero attached hydrogens (tertiary/aromatic N) is 1. The number of hydrogen-bond acceptors (Lipinski definition) is 2. The van der Waals surface area contributed by atoms with Crippen molar-refractivity contribution in [2.45, 2.75) is 43.7 Å². The van der Waals surface area contributed by atoms with E-state index in [1.807, 2.05) is 11.9 Å². The van der Waals surface area contributed by atoms with Crippen LogP contribution in [-0.4, -0.2) is 42.4 Å². The molecule has 5 heteroatoms. The van der Waals surface area contributed by atoms with Crippen LogP contribution in [0.1, 0.15) is 25.7 Å². The fourth-order valence-electron chi connectivity index (χ4n) is 2.30. The molecular formula is C10H16F2N2O. The van der Waals surface area contributed by atoms with Gasteiger partial charge in [0.25, 0.3) is 5.92 Å². The number of amides is 1. The minimum atomic E-state index is -2.56. The maximum atomic E-state index is 12.5. The lowest BCUT2D eigenvalue weighted by Gasteiger charge is -2.36. The Balaban J connectivity index is 1.78. The highest BCUT2D eigenvalue weighted by Gasteiger charge is 2.46. The zero-order valence-corrected chi connectivity index (χ0v) is 8.80. The Bertz CT molecular complexity index is 262. The second-order valence-electron chi connectivity index (χ2n) is 4.61. The standard InChI is InChI=1S/C10H16F2N2O/c1-14-4-2-3-8(14)9(15)13-7-5-10(11,12)6-7/h7-8H,2-6H2,1H3,(H,13,15). The van der Waals surface area contributed by atoms with Crippen molar-refractivity contribution in [3.8, 4) is 0 Å². The highest BCUT2D eigenvalue weighted by molar-refractivity contribution is 5.82. The molecule has 1 atom stereocenters. The van der Waals surface area contributed by atoms with E-state index >= 15 is 0 Å². The van der Waals surface area contributed by atoms with E-state index in [1.54, 1.807) is 0 Å². The van der Waals surface area contributed by atoms with Gasteiger partial charge in [-0.25, -0.2) is 8.78 Å². The van der Waals surface area contributed by atoms with E-state index in [0.717, 1.165) is 19.4 Å². The molecule has 86 valence electrons. The third-order valence-electron chi connectivity index (χ3n) is 3.26. The van der Waals surface area contributed by atoms with Crippen LogP contribution >= 0.6 is 0 Å². The third kappa shape index (κ3) is 2.27. The molecule has 0 aromatic carbocycles. The van der Waals surface area contributed by atoms with Gasteiger partial charge in [-0.15, -0.1) is 0 Å². The molecule has 0 aromatic rings. The molecule has 1 saturated carbocycles. The Morgan fingerprint density at radius 3 is 2.60 bits per heavy atom. The lowest BCUT2D eigenvalue weighted by molar-refractivity contribution is -0.132. The Hall–Kier alpha value is -0.710. The fraction of sp³-hybridized carbons (Fsp3) is 0.900. The summed E-state index contributed by atoms with van der Waals surface area (Å²) >= 11 is 0. The van der Waals surface area contributed by atoms with Crippen molar-refractivity contribution in [1.82, 2.24) is 10.2 Å². The second-order valence-corrected chi connectivity index (χ2v) is 4.61. The maximum absolute atomic E-state index is 12.5. The molecule has 1 N–H and O–H groups in total. The third-order valence-corrected chi connectivity index (χ3v) is 3.26. The average Bonchev–Trinajstić information content (AvgIpc) is 2.47. The quantitative estimate of drug-likeness (QED) is 0.749. The molecule has 1 aliphatic heterocycles. The number of nitrogens with one attached hydrogen (secondary N) is 1. The summed E-state index contributed by atoms with van der Waals surface area (Å²) in [6.07, 6.45) is 1.45. The number of carbonyl (C=O) groups is 1. The number of halogens is 2. The van der Waals surface area contributed by atoms with Crippen LogP contribution in [0.3, 0.4) is 0 Å². The van der Waals surface area contributed by atoms with Crippen LogP contribution in [0.4, 0.5) is 8.78 Å². The predicted molar refractivity (Wildman–Crippen MR) is 51.8 cm³/mol. The van der Waals surface area contributed by atoms with E-state index in [9.17, 15) is 13.6 Å². The van der Waals surface area contributed by atoms with Crippen molar-refractivity contribution in [3.05, 3.63) is 0 Å². The minimum Gasteiger partial charge on any atom is -0.352 e. The number of alkyl halides is 2. The van der Waals surface area contributed by atoms with Gasteiger partial charge in [0.05, 0.1) is 6.04 Å². The normalized spacial score (nSPS) is 31.3. The molecule has 3 nitrogen and oxygen atoms in total. The SMILES string of the molecule is CN1CCCC1C(=O)NC1CC(F)(F)C1. The molecule has 1 amide bonds. The molecule has 0 bridgehead atoms. The van der Waals surface area contributed by atoms with Crippen molar-refractivity contribution in [2.75, 3.05) is 13.6 Å². The topological polar surface area (TPSA) is 32.3 Å². The summed E-state index contributed by atoms with van der Waals surface area (Å²) in [5.74, 6) is -2.64. The van der Waals surface area contributed by atoms with E-state index in [4.69, 9.17) is 0 Å². The second kappa shape index (κ2) is 3.70. The number of carbonyl (C=O) groups excluding carboxylic acids is 1. The molecule has 0 radical (unpaired) electrons. The minimum absolute atomic E-state index is 0.0875. The number of rotatable bonds is 2. The van der Waals surface area contributed by atoms with Crippen molar-refractivity contribution < 1.29 is 13.6 Å². The first-order chi connectivity index (χ1) is 6.98. The highest BCUT2D eigenvalue weighted by atomic mass is 19.3. The van der Waals surface area contributed by atoms with Crippen molar-refractivity contribution >= 4 is 5.91 Å². The summed E-state index contributed by atoms with van der Waals surface area (Å²) in [6, 6.07) is -0.430. The van der Waals surface area contributed by atoms with Gasteiger partial charge < -0.3 is 5.32 Å². The van der Waals surface area contributed by atoms with E-state index < -0.39 is 5.92 Å². The lowest BCUT2D eigenvalue weighted by atomic mass is 9.88. The van der Waals surface area contributed by atoms with Crippen LogP contribution in [0.5, 0.6) is 0 Å². The van der Waals surface area contributed by atoms with Gasteiger partial charge in [-0.3, -0.25) is 9.69 Å². The van der Waals surface area contributed by atoms with Gasteiger partial charge in [0.2, 0.25) is 5.91 Å². The Morgan fingerprint density at radius 2 is 2.13 bits per heavy atom. The van der Waals surface area contributed by atoms with E-state index in [0.29, 0.717) is 0 Å². The van der Waals surface area contributed by atoms with Crippen LogP contribution < -0.4 is 5.32 Å². The summed E-state index contributed by atoms with van der Waals surface area (Å²) in [7, 11) is 1.90. The maximum Gasteiger partial charge on any atom is 0.252 e. The molecule has 2 aliphatic rings. The molecule has 1 heterocycles. The van der Waals surface area contributed by atoms with Gasteiger partial charge in [-0.05, 0) is 26.4 Å². The largest absolute Gasteiger partial charge is 0.352 e. The number of hydrogen-bond donors (Lipinski definition) is 1. The van der Waals surface area contributed by atoms with Gasteiger partial charge in [0.1, 0.15) is 0 Å². The van der Waals surface area contributed by atoms with Crippen LogP contribution in [-0.2, 0) is 4.79 Å². The Morgan fingerprint density at radius 1 is 1.47 bits per heavy atom.